The summed E-state index contributed by atoms with van der Waals surface area (Å²) in [6.07, 6.45) is 0.0850. The van der Waals surface area contributed by atoms with Gasteiger partial charge in [-0.25, -0.2) is 0 Å². The Kier molecular flexibility index (Phi) is 6.22. The minimum Gasteiger partial charge on any atom is -0.439 e. The molecule has 0 atom stereocenters. The Labute approximate surface area is 165 Å². The van der Waals surface area contributed by atoms with Crippen molar-refractivity contribution in [2.24, 2.45) is 0 Å². The van der Waals surface area contributed by atoms with Crippen molar-refractivity contribution in [3.8, 4) is 0 Å². The molecule has 0 heterocycles. The van der Waals surface area contributed by atoms with Gasteiger partial charge in [0.2, 0.25) is 5.60 Å². The number of hydrogen-bond donors (Lipinski definition) is 1. The van der Waals surface area contributed by atoms with Crippen molar-refractivity contribution in [3.05, 3.63) is 108 Å². The first kappa shape index (κ1) is 19.4. The highest BCUT2D eigenvalue weighted by molar-refractivity contribution is 5.93. The van der Waals surface area contributed by atoms with Gasteiger partial charge < -0.3 is 10.1 Å². The largest absolute Gasteiger partial charge is 0.439 e. The van der Waals surface area contributed by atoms with Gasteiger partial charge in [-0.2, -0.15) is 0 Å². The maximum Gasteiger partial charge on any atom is 0.312 e. The van der Waals surface area contributed by atoms with Gasteiger partial charge in [0.05, 0.1) is 6.42 Å². The third-order valence-corrected chi connectivity index (χ3v) is 4.48. The predicted molar refractivity (Wildman–Crippen MR) is 109 cm³/mol. The van der Waals surface area contributed by atoms with Crippen molar-refractivity contribution in [2.45, 2.75) is 18.9 Å². The van der Waals surface area contributed by atoms with E-state index in [-0.39, 0.29) is 12.3 Å². The normalized spacial score (nSPS) is 10.9. The average Bonchev–Trinajstić information content (AvgIpc) is 2.74. The number of ether oxygens (including phenoxy) is 1. The minimum atomic E-state index is -1.55. The Hall–Kier alpha value is -3.40. The molecule has 3 aromatic carbocycles. The number of likely N-dealkylation sites (N-methyl/N-ethyl adjacent to an activating group) is 1. The highest BCUT2D eigenvalue weighted by Crippen LogP contribution is 2.34. The Morgan fingerprint density at radius 3 is 1.71 bits per heavy atom. The Balaban J connectivity index is 2.06. The lowest BCUT2D eigenvalue weighted by Gasteiger charge is -2.33. The number of benzene rings is 3. The number of carbonyl (C=O) groups excluding carboxylic acids is 2. The van der Waals surface area contributed by atoms with Crippen molar-refractivity contribution < 1.29 is 14.3 Å². The fourth-order valence-corrected chi connectivity index (χ4v) is 3.19. The molecule has 1 amide bonds. The topological polar surface area (TPSA) is 55.4 Å². The summed E-state index contributed by atoms with van der Waals surface area (Å²) in [4.78, 5) is 26.1. The number of rotatable bonds is 7. The van der Waals surface area contributed by atoms with Gasteiger partial charge >= 0.3 is 5.97 Å². The zero-order valence-corrected chi connectivity index (χ0v) is 15.8. The van der Waals surface area contributed by atoms with Gasteiger partial charge in [0.15, 0.2) is 0 Å². The van der Waals surface area contributed by atoms with E-state index in [1.165, 1.54) is 0 Å². The molecule has 0 unspecified atom stereocenters. The fourth-order valence-electron chi connectivity index (χ4n) is 3.19. The van der Waals surface area contributed by atoms with E-state index in [0.29, 0.717) is 17.7 Å². The molecule has 0 fully saturated rings. The van der Waals surface area contributed by atoms with E-state index in [0.717, 1.165) is 5.56 Å². The summed E-state index contributed by atoms with van der Waals surface area (Å²) in [5.74, 6) is -0.834. The van der Waals surface area contributed by atoms with Crippen molar-refractivity contribution >= 4 is 11.9 Å². The molecule has 1 N–H and O–H groups in total. The molecular weight excluding hydrogens is 350 g/mol. The zero-order valence-electron chi connectivity index (χ0n) is 15.8. The van der Waals surface area contributed by atoms with E-state index in [1.54, 1.807) is 24.3 Å². The Morgan fingerprint density at radius 1 is 0.786 bits per heavy atom. The zero-order chi connectivity index (χ0) is 19.8. The average molecular weight is 373 g/mol. The SMILES string of the molecule is CCNC(=O)C(OC(=O)Cc1ccccc1)(c1ccccc1)c1ccccc1. The smallest absolute Gasteiger partial charge is 0.312 e. The summed E-state index contributed by atoms with van der Waals surface area (Å²) in [7, 11) is 0. The minimum absolute atomic E-state index is 0.0850. The molecule has 0 bridgehead atoms. The van der Waals surface area contributed by atoms with Crippen LogP contribution in [0.4, 0.5) is 0 Å². The van der Waals surface area contributed by atoms with Crippen LogP contribution in [-0.4, -0.2) is 18.4 Å². The summed E-state index contributed by atoms with van der Waals surface area (Å²) >= 11 is 0. The molecule has 0 aliphatic rings. The van der Waals surface area contributed by atoms with E-state index in [2.05, 4.69) is 5.32 Å². The maximum absolute atomic E-state index is 13.3. The molecule has 4 nitrogen and oxygen atoms in total. The van der Waals surface area contributed by atoms with Crippen LogP contribution in [0.15, 0.2) is 91.0 Å². The molecule has 0 radical (unpaired) electrons. The second-order valence-electron chi connectivity index (χ2n) is 6.41. The first-order chi connectivity index (χ1) is 13.7. The molecule has 0 aliphatic heterocycles. The number of amides is 1. The van der Waals surface area contributed by atoms with Gasteiger partial charge in [0.25, 0.3) is 5.91 Å². The van der Waals surface area contributed by atoms with E-state index in [9.17, 15) is 9.59 Å². The lowest BCUT2D eigenvalue weighted by molar-refractivity contribution is -0.165. The molecule has 0 aromatic heterocycles. The number of nitrogens with one attached hydrogen (secondary N) is 1. The van der Waals surface area contributed by atoms with Gasteiger partial charge in [-0.05, 0) is 12.5 Å². The highest BCUT2D eigenvalue weighted by atomic mass is 16.6. The lowest BCUT2D eigenvalue weighted by atomic mass is 9.85. The van der Waals surface area contributed by atoms with E-state index in [4.69, 9.17) is 4.74 Å². The first-order valence-electron chi connectivity index (χ1n) is 9.32. The third-order valence-electron chi connectivity index (χ3n) is 4.48. The second-order valence-corrected chi connectivity index (χ2v) is 6.41. The fraction of sp³-hybridized carbons (Fsp3) is 0.167. The van der Waals surface area contributed by atoms with Gasteiger partial charge in [-0.15, -0.1) is 0 Å². The van der Waals surface area contributed by atoms with Crippen LogP contribution < -0.4 is 5.32 Å². The van der Waals surface area contributed by atoms with Crippen LogP contribution in [0.1, 0.15) is 23.6 Å². The quantitative estimate of drug-likeness (QED) is 0.640. The summed E-state index contributed by atoms with van der Waals surface area (Å²) in [5, 5.41) is 2.84. The van der Waals surface area contributed by atoms with E-state index >= 15 is 0 Å². The van der Waals surface area contributed by atoms with Crippen LogP contribution in [0.3, 0.4) is 0 Å². The first-order valence-corrected chi connectivity index (χ1v) is 9.32. The van der Waals surface area contributed by atoms with Crippen LogP contribution in [0.2, 0.25) is 0 Å². The van der Waals surface area contributed by atoms with Gasteiger partial charge in [-0.1, -0.05) is 91.0 Å². The molecule has 3 rings (SSSR count). The molecule has 0 spiro atoms. The van der Waals surface area contributed by atoms with E-state index < -0.39 is 11.6 Å². The Bertz CT molecular complexity index is 869. The number of carbonyl (C=O) groups is 2. The third kappa shape index (κ3) is 4.12. The maximum atomic E-state index is 13.3. The molecule has 0 aliphatic carbocycles. The molecule has 0 saturated carbocycles. The van der Waals surface area contributed by atoms with Crippen LogP contribution in [0.25, 0.3) is 0 Å². The lowest BCUT2D eigenvalue weighted by Crippen LogP contribution is -2.48. The molecule has 142 valence electrons. The van der Waals surface area contributed by atoms with Crippen molar-refractivity contribution in [1.82, 2.24) is 5.32 Å². The molecular formula is C24H23NO3. The monoisotopic (exact) mass is 373 g/mol. The van der Waals surface area contributed by atoms with Crippen molar-refractivity contribution in [2.75, 3.05) is 6.54 Å². The van der Waals surface area contributed by atoms with Crippen LogP contribution in [0.5, 0.6) is 0 Å². The van der Waals surface area contributed by atoms with E-state index in [1.807, 2.05) is 73.7 Å². The molecule has 28 heavy (non-hydrogen) atoms. The molecule has 4 heteroatoms. The predicted octanol–water partition coefficient (Wildman–Crippen LogP) is 3.85. The van der Waals surface area contributed by atoms with Crippen molar-refractivity contribution in [3.63, 3.8) is 0 Å². The molecule has 0 saturated heterocycles. The summed E-state index contributed by atoms with van der Waals surface area (Å²) in [6.45, 7) is 2.26. The van der Waals surface area contributed by atoms with Crippen molar-refractivity contribution in [1.29, 1.82) is 0 Å². The Morgan fingerprint density at radius 2 is 1.25 bits per heavy atom. The van der Waals surface area contributed by atoms with Gasteiger partial charge in [0, 0.05) is 17.7 Å². The number of hydrogen-bond acceptors (Lipinski definition) is 3. The van der Waals surface area contributed by atoms with Crippen LogP contribution in [0, 0.1) is 0 Å². The highest BCUT2D eigenvalue weighted by Gasteiger charge is 2.45. The van der Waals surface area contributed by atoms with Gasteiger partial charge in [-0.3, -0.25) is 9.59 Å². The summed E-state index contributed by atoms with van der Waals surface area (Å²) in [6, 6.07) is 27.6. The van der Waals surface area contributed by atoms with Crippen LogP contribution in [-0.2, 0) is 26.3 Å². The summed E-state index contributed by atoms with van der Waals surface area (Å²) < 4.78 is 5.98. The summed E-state index contributed by atoms with van der Waals surface area (Å²) in [5.41, 5.74) is 0.491. The van der Waals surface area contributed by atoms with Gasteiger partial charge in [0.1, 0.15) is 0 Å². The standard InChI is InChI=1S/C24H23NO3/c1-2-25-23(27)24(20-14-8-4-9-15-20,21-16-10-5-11-17-21)28-22(26)18-19-12-6-3-7-13-19/h3-17H,2,18H2,1H3,(H,25,27). The molecule has 3 aromatic rings. The number of esters is 1. The van der Waals surface area contributed by atoms with Crippen LogP contribution >= 0.6 is 0 Å². The second kappa shape index (κ2) is 9.00.